The highest BCUT2D eigenvalue weighted by Gasteiger charge is 2.28. The molecule has 196 valence electrons. The van der Waals surface area contributed by atoms with Crippen molar-refractivity contribution in [1.82, 2.24) is 10.3 Å². The van der Waals surface area contributed by atoms with Crippen molar-refractivity contribution >= 4 is 34.2 Å². The molecule has 0 saturated carbocycles. The van der Waals surface area contributed by atoms with Gasteiger partial charge in [-0.3, -0.25) is 9.59 Å². The number of nitrogens with two attached hydrogens (primary N) is 1. The average molecular weight is 519 g/mol. The summed E-state index contributed by atoms with van der Waals surface area (Å²) in [5, 5.41) is 16.9. The van der Waals surface area contributed by atoms with Gasteiger partial charge in [0.25, 0.3) is 0 Å². The molecule has 0 aliphatic heterocycles. The number of carbonyl (C=O) groups is 2. The number of anilines is 2. The first-order valence-electron chi connectivity index (χ1n) is 11.7. The van der Waals surface area contributed by atoms with Gasteiger partial charge in [0, 0.05) is 22.8 Å². The second-order valence-corrected chi connectivity index (χ2v) is 8.50. The number of aliphatic carboxylic acids is 1. The molecule has 1 aromatic heterocycles. The van der Waals surface area contributed by atoms with Crippen LogP contribution in [0.1, 0.15) is 29.6 Å². The number of fused-ring (bicyclic) bond motifs is 1. The van der Waals surface area contributed by atoms with E-state index in [1.807, 2.05) is 6.07 Å². The SMILES string of the molecule is COc1ccc(C(Nc2ccc3c(N)nccc3c2)C(=O)N[C@H](CC(=O)O)c2ccccc2F)cc1OC. The average Bonchev–Trinajstić information content (AvgIpc) is 2.91. The lowest BCUT2D eigenvalue weighted by Gasteiger charge is -2.25. The van der Waals surface area contributed by atoms with Crippen molar-refractivity contribution < 1.29 is 28.6 Å². The van der Waals surface area contributed by atoms with Gasteiger partial charge in [-0.2, -0.15) is 0 Å². The van der Waals surface area contributed by atoms with Gasteiger partial charge in [-0.1, -0.05) is 24.3 Å². The molecule has 0 aliphatic carbocycles. The third-order valence-electron chi connectivity index (χ3n) is 6.09. The van der Waals surface area contributed by atoms with E-state index in [0.717, 1.165) is 10.8 Å². The van der Waals surface area contributed by atoms with Crippen LogP contribution in [0, 0.1) is 5.82 Å². The molecule has 4 aromatic rings. The standard InChI is InChI=1S/C28H27FN4O5/c1-37-23-10-7-17(14-24(23)38-2)26(32-18-8-9-19-16(13-18)11-12-31-27(19)30)28(36)33-22(15-25(34)35)20-5-3-4-6-21(20)29/h3-14,22,26,32H,15H2,1-2H3,(H2,30,31)(H,33,36)(H,34,35)/t22-,26?/m1/s1. The number of ether oxygens (including phenoxy) is 2. The molecule has 0 bridgehead atoms. The van der Waals surface area contributed by atoms with E-state index >= 15 is 0 Å². The summed E-state index contributed by atoms with van der Waals surface area (Å²) in [5.74, 6) is -1.12. The van der Waals surface area contributed by atoms with Gasteiger partial charge in [-0.15, -0.1) is 0 Å². The molecular formula is C28H27FN4O5. The van der Waals surface area contributed by atoms with Gasteiger partial charge in [0.15, 0.2) is 11.5 Å². The molecule has 10 heteroatoms. The van der Waals surface area contributed by atoms with Crippen LogP contribution in [-0.2, 0) is 9.59 Å². The number of methoxy groups -OCH3 is 2. The summed E-state index contributed by atoms with van der Waals surface area (Å²) in [4.78, 5) is 29.4. The minimum Gasteiger partial charge on any atom is -0.493 e. The number of nitrogens with one attached hydrogen (secondary N) is 2. The number of aromatic nitrogens is 1. The third-order valence-corrected chi connectivity index (χ3v) is 6.09. The van der Waals surface area contributed by atoms with Crippen molar-refractivity contribution in [3.05, 3.63) is 89.9 Å². The van der Waals surface area contributed by atoms with E-state index in [-0.39, 0.29) is 5.56 Å². The lowest BCUT2D eigenvalue weighted by Crippen LogP contribution is -2.37. The van der Waals surface area contributed by atoms with E-state index in [1.54, 1.807) is 48.7 Å². The van der Waals surface area contributed by atoms with Gasteiger partial charge in [-0.05, 0) is 53.4 Å². The fourth-order valence-electron chi connectivity index (χ4n) is 4.22. The largest absolute Gasteiger partial charge is 0.493 e. The highest BCUT2D eigenvalue weighted by Crippen LogP contribution is 2.33. The van der Waals surface area contributed by atoms with Gasteiger partial charge >= 0.3 is 5.97 Å². The zero-order valence-electron chi connectivity index (χ0n) is 20.8. The number of carbonyl (C=O) groups excluding carboxylic acids is 1. The quantitative estimate of drug-likeness (QED) is 0.242. The van der Waals surface area contributed by atoms with Crippen LogP contribution in [0.15, 0.2) is 72.9 Å². The van der Waals surface area contributed by atoms with Crippen molar-refractivity contribution in [3.63, 3.8) is 0 Å². The monoisotopic (exact) mass is 518 g/mol. The van der Waals surface area contributed by atoms with Crippen LogP contribution < -0.4 is 25.8 Å². The zero-order chi connectivity index (χ0) is 27.2. The molecule has 2 atom stereocenters. The Kier molecular flexibility index (Phi) is 7.91. The molecule has 0 aliphatic rings. The smallest absolute Gasteiger partial charge is 0.305 e. The first-order valence-corrected chi connectivity index (χ1v) is 11.7. The maximum absolute atomic E-state index is 14.6. The molecule has 1 unspecified atom stereocenters. The number of amides is 1. The predicted molar refractivity (Wildman–Crippen MR) is 142 cm³/mol. The number of hydrogen-bond donors (Lipinski definition) is 4. The highest BCUT2D eigenvalue weighted by atomic mass is 19.1. The Labute approximate surface area is 218 Å². The fraction of sp³-hybridized carbons (Fsp3) is 0.179. The third kappa shape index (κ3) is 5.75. The van der Waals surface area contributed by atoms with Crippen LogP contribution in [0.5, 0.6) is 11.5 Å². The van der Waals surface area contributed by atoms with E-state index in [4.69, 9.17) is 15.2 Å². The molecule has 1 amide bonds. The summed E-state index contributed by atoms with van der Waals surface area (Å²) in [6, 6.07) is 15.8. The second-order valence-electron chi connectivity index (χ2n) is 8.50. The Hall–Kier alpha value is -4.86. The zero-order valence-corrected chi connectivity index (χ0v) is 20.8. The van der Waals surface area contributed by atoms with E-state index in [2.05, 4.69) is 15.6 Å². The summed E-state index contributed by atoms with van der Waals surface area (Å²) in [6.45, 7) is 0. The van der Waals surface area contributed by atoms with Gasteiger partial charge < -0.3 is 30.9 Å². The maximum atomic E-state index is 14.6. The van der Waals surface area contributed by atoms with Crippen molar-refractivity contribution in [2.75, 3.05) is 25.3 Å². The van der Waals surface area contributed by atoms with Crippen molar-refractivity contribution in [3.8, 4) is 11.5 Å². The Balaban J connectivity index is 1.73. The van der Waals surface area contributed by atoms with Gasteiger partial charge in [-0.25, -0.2) is 9.37 Å². The van der Waals surface area contributed by atoms with Crippen molar-refractivity contribution in [2.24, 2.45) is 0 Å². The summed E-state index contributed by atoms with van der Waals surface area (Å²) in [7, 11) is 2.98. The lowest BCUT2D eigenvalue weighted by molar-refractivity contribution is -0.137. The number of carboxylic acid groups (broad SMARTS) is 1. The summed E-state index contributed by atoms with van der Waals surface area (Å²) >= 11 is 0. The number of benzene rings is 3. The van der Waals surface area contributed by atoms with Crippen LogP contribution in [0.2, 0.25) is 0 Å². The Bertz CT molecular complexity index is 1480. The van der Waals surface area contributed by atoms with Crippen molar-refractivity contribution in [2.45, 2.75) is 18.5 Å². The first-order chi connectivity index (χ1) is 18.3. The topological polar surface area (TPSA) is 136 Å². The maximum Gasteiger partial charge on any atom is 0.305 e. The predicted octanol–water partition coefficient (Wildman–Crippen LogP) is 4.46. The van der Waals surface area contributed by atoms with Crippen LogP contribution in [0.25, 0.3) is 10.8 Å². The number of nitrogen functional groups attached to an aromatic ring is 1. The van der Waals surface area contributed by atoms with E-state index in [9.17, 15) is 19.1 Å². The molecule has 4 rings (SSSR count). The fourth-order valence-corrected chi connectivity index (χ4v) is 4.22. The number of rotatable bonds is 10. The Morgan fingerprint density at radius 3 is 2.50 bits per heavy atom. The number of nitrogens with zero attached hydrogens (tertiary/aromatic N) is 1. The summed E-state index contributed by atoms with van der Waals surface area (Å²) in [6.07, 6.45) is 1.08. The molecule has 0 radical (unpaired) electrons. The molecule has 0 spiro atoms. The van der Waals surface area contributed by atoms with E-state index in [1.165, 1.54) is 32.4 Å². The minimum atomic E-state index is -1.19. The van der Waals surface area contributed by atoms with Gasteiger partial charge in [0.05, 0.1) is 26.7 Å². The first kappa shape index (κ1) is 26.2. The Morgan fingerprint density at radius 1 is 1.03 bits per heavy atom. The molecular weight excluding hydrogens is 491 g/mol. The lowest BCUT2D eigenvalue weighted by atomic mass is 10.00. The molecule has 1 heterocycles. The van der Waals surface area contributed by atoms with Crippen LogP contribution in [-0.4, -0.2) is 36.2 Å². The molecule has 5 N–H and O–H groups in total. The van der Waals surface area contributed by atoms with E-state index in [0.29, 0.717) is 28.6 Å². The van der Waals surface area contributed by atoms with Gasteiger partial charge in [0.2, 0.25) is 5.91 Å². The second kappa shape index (κ2) is 11.5. The molecule has 0 saturated heterocycles. The normalized spacial score (nSPS) is 12.4. The molecule has 9 nitrogen and oxygen atoms in total. The number of halogens is 1. The summed E-state index contributed by atoms with van der Waals surface area (Å²) < 4.78 is 25.3. The van der Waals surface area contributed by atoms with Crippen LogP contribution in [0.3, 0.4) is 0 Å². The Morgan fingerprint density at radius 2 is 1.79 bits per heavy atom. The van der Waals surface area contributed by atoms with Gasteiger partial charge in [0.1, 0.15) is 17.7 Å². The van der Waals surface area contributed by atoms with Crippen molar-refractivity contribution in [1.29, 1.82) is 0 Å². The molecule has 38 heavy (non-hydrogen) atoms. The number of carboxylic acids is 1. The molecule has 0 fully saturated rings. The number of pyridine rings is 1. The minimum absolute atomic E-state index is 0.0722. The van der Waals surface area contributed by atoms with Crippen LogP contribution >= 0.6 is 0 Å². The van der Waals surface area contributed by atoms with E-state index < -0.39 is 36.2 Å². The highest BCUT2D eigenvalue weighted by molar-refractivity contribution is 5.94. The summed E-state index contributed by atoms with van der Waals surface area (Å²) in [5.41, 5.74) is 7.15. The molecule has 3 aromatic carbocycles. The van der Waals surface area contributed by atoms with Crippen LogP contribution in [0.4, 0.5) is 15.9 Å². The number of hydrogen-bond acceptors (Lipinski definition) is 7.